The van der Waals surface area contributed by atoms with E-state index >= 15 is 0 Å². The Kier molecular flexibility index (Phi) is 4.48. The largest absolute Gasteiger partial charge is 0.397 e. The SMILES string of the molecule is CC1SCCN(c2ccc(C(=O)N(C)C)cc2N)C1C. The van der Waals surface area contributed by atoms with Crippen molar-refractivity contribution in [2.75, 3.05) is 37.0 Å². The van der Waals surface area contributed by atoms with Crippen molar-refractivity contribution in [2.24, 2.45) is 0 Å². The molecule has 1 aliphatic rings. The summed E-state index contributed by atoms with van der Waals surface area (Å²) in [5, 5.41) is 0.589. The van der Waals surface area contributed by atoms with Crippen molar-refractivity contribution in [2.45, 2.75) is 25.1 Å². The summed E-state index contributed by atoms with van der Waals surface area (Å²) >= 11 is 2.00. The predicted octanol–water partition coefficient (Wildman–Crippen LogP) is 2.30. The lowest BCUT2D eigenvalue weighted by atomic mass is 10.1. The lowest BCUT2D eigenvalue weighted by Crippen LogP contribution is -2.45. The minimum Gasteiger partial charge on any atom is -0.397 e. The number of nitrogens with two attached hydrogens (primary N) is 1. The molecule has 2 rings (SSSR count). The van der Waals surface area contributed by atoms with Crippen LogP contribution in [0.1, 0.15) is 24.2 Å². The summed E-state index contributed by atoms with van der Waals surface area (Å²) in [5.74, 6) is 1.10. The van der Waals surface area contributed by atoms with E-state index in [4.69, 9.17) is 5.73 Å². The Bertz CT molecular complexity index is 504. The van der Waals surface area contributed by atoms with E-state index in [1.165, 1.54) is 0 Å². The molecule has 1 fully saturated rings. The summed E-state index contributed by atoms with van der Waals surface area (Å²) in [6.07, 6.45) is 0. The normalized spacial score (nSPS) is 22.7. The Hall–Kier alpha value is -1.36. The molecular weight excluding hydrogens is 270 g/mol. The molecule has 0 aromatic heterocycles. The number of nitrogens with zero attached hydrogens (tertiary/aromatic N) is 2. The molecule has 1 aliphatic heterocycles. The van der Waals surface area contributed by atoms with Gasteiger partial charge in [0.1, 0.15) is 0 Å². The smallest absolute Gasteiger partial charge is 0.253 e. The monoisotopic (exact) mass is 293 g/mol. The van der Waals surface area contributed by atoms with Gasteiger partial charge >= 0.3 is 0 Å². The molecule has 1 heterocycles. The van der Waals surface area contributed by atoms with E-state index < -0.39 is 0 Å². The molecule has 0 spiro atoms. The number of hydrogen-bond acceptors (Lipinski definition) is 4. The van der Waals surface area contributed by atoms with Gasteiger partial charge in [-0.25, -0.2) is 0 Å². The molecule has 2 unspecified atom stereocenters. The lowest BCUT2D eigenvalue weighted by Gasteiger charge is -2.39. The first-order chi connectivity index (χ1) is 9.41. The maximum absolute atomic E-state index is 12.0. The standard InChI is InChI=1S/C15H23N3OS/c1-10-11(2)20-8-7-18(10)14-6-5-12(9-13(14)16)15(19)17(3)4/h5-6,9-11H,7-8,16H2,1-4H3. The number of carbonyl (C=O) groups excluding carboxylic acids is 1. The molecule has 0 bridgehead atoms. The van der Waals surface area contributed by atoms with Crippen LogP contribution in [0.25, 0.3) is 0 Å². The highest BCUT2D eigenvalue weighted by molar-refractivity contribution is 8.00. The quantitative estimate of drug-likeness (QED) is 0.850. The van der Waals surface area contributed by atoms with Gasteiger partial charge in [-0.3, -0.25) is 4.79 Å². The summed E-state index contributed by atoms with van der Waals surface area (Å²) < 4.78 is 0. The van der Waals surface area contributed by atoms with Crippen molar-refractivity contribution in [1.82, 2.24) is 4.90 Å². The third-order valence-electron chi connectivity index (χ3n) is 3.87. The number of anilines is 2. The maximum Gasteiger partial charge on any atom is 0.253 e. The maximum atomic E-state index is 12.0. The first kappa shape index (κ1) is 15.0. The molecule has 1 saturated heterocycles. The highest BCUT2D eigenvalue weighted by Gasteiger charge is 2.26. The van der Waals surface area contributed by atoms with Crippen LogP contribution in [0.4, 0.5) is 11.4 Å². The summed E-state index contributed by atoms with van der Waals surface area (Å²) in [4.78, 5) is 15.9. The topological polar surface area (TPSA) is 49.6 Å². The number of carbonyl (C=O) groups is 1. The van der Waals surface area contributed by atoms with Crippen LogP contribution in [0.15, 0.2) is 18.2 Å². The average Bonchev–Trinajstić information content (AvgIpc) is 2.41. The number of hydrogen-bond donors (Lipinski definition) is 1. The van der Waals surface area contributed by atoms with Crippen LogP contribution in [0, 0.1) is 0 Å². The number of amides is 1. The van der Waals surface area contributed by atoms with Crippen molar-refractivity contribution in [3.8, 4) is 0 Å². The summed E-state index contributed by atoms with van der Waals surface area (Å²) in [5.41, 5.74) is 8.55. The average molecular weight is 293 g/mol. The van der Waals surface area contributed by atoms with Gasteiger partial charge in [0.2, 0.25) is 0 Å². The van der Waals surface area contributed by atoms with Gasteiger partial charge in [0.05, 0.1) is 11.4 Å². The fourth-order valence-electron chi connectivity index (χ4n) is 2.48. The fourth-order valence-corrected chi connectivity index (χ4v) is 3.58. The van der Waals surface area contributed by atoms with Crippen molar-refractivity contribution in [3.05, 3.63) is 23.8 Å². The van der Waals surface area contributed by atoms with Gasteiger partial charge in [-0.1, -0.05) is 6.92 Å². The van der Waals surface area contributed by atoms with Crippen LogP contribution in [0.3, 0.4) is 0 Å². The van der Waals surface area contributed by atoms with Crippen LogP contribution in [-0.4, -0.2) is 48.5 Å². The van der Waals surface area contributed by atoms with Crippen LogP contribution < -0.4 is 10.6 Å². The number of rotatable bonds is 2. The van der Waals surface area contributed by atoms with Crippen LogP contribution in [0.2, 0.25) is 0 Å². The highest BCUT2D eigenvalue weighted by atomic mass is 32.2. The first-order valence-corrected chi connectivity index (χ1v) is 7.96. The molecule has 110 valence electrons. The molecule has 5 heteroatoms. The number of nitrogen functional groups attached to an aromatic ring is 1. The summed E-state index contributed by atoms with van der Waals surface area (Å²) in [6, 6.07) is 6.08. The Morgan fingerprint density at radius 3 is 2.70 bits per heavy atom. The third-order valence-corrected chi connectivity index (χ3v) is 5.21. The molecule has 0 saturated carbocycles. The second kappa shape index (κ2) is 5.95. The minimum absolute atomic E-state index is 0.0149. The molecule has 0 radical (unpaired) electrons. The van der Waals surface area contributed by atoms with E-state index in [1.54, 1.807) is 25.1 Å². The molecule has 1 aromatic carbocycles. The van der Waals surface area contributed by atoms with Crippen molar-refractivity contribution >= 4 is 29.0 Å². The van der Waals surface area contributed by atoms with Crippen LogP contribution in [0.5, 0.6) is 0 Å². The zero-order chi connectivity index (χ0) is 14.9. The Morgan fingerprint density at radius 2 is 2.10 bits per heavy atom. The van der Waals surface area contributed by atoms with Crippen LogP contribution >= 0.6 is 11.8 Å². The Morgan fingerprint density at radius 1 is 1.40 bits per heavy atom. The second-order valence-corrected chi connectivity index (χ2v) is 6.97. The van der Waals surface area contributed by atoms with Gasteiger partial charge < -0.3 is 15.5 Å². The lowest BCUT2D eigenvalue weighted by molar-refractivity contribution is 0.0827. The van der Waals surface area contributed by atoms with E-state index in [0.717, 1.165) is 18.0 Å². The molecule has 0 aliphatic carbocycles. The van der Waals surface area contributed by atoms with Gasteiger partial charge in [-0.2, -0.15) is 11.8 Å². The molecule has 4 nitrogen and oxygen atoms in total. The summed E-state index contributed by atoms with van der Waals surface area (Å²) in [6.45, 7) is 5.48. The molecule has 1 amide bonds. The summed E-state index contributed by atoms with van der Waals surface area (Å²) in [7, 11) is 3.50. The van der Waals surface area contributed by atoms with E-state index in [-0.39, 0.29) is 5.91 Å². The Labute approximate surface area is 125 Å². The zero-order valence-electron chi connectivity index (χ0n) is 12.6. The molecule has 2 atom stereocenters. The first-order valence-electron chi connectivity index (χ1n) is 6.91. The molecule has 20 heavy (non-hydrogen) atoms. The van der Waals surface area contributed by atoms with Gasteiger partial charge in [0.25, 0.3) is 5.91 Å². The number of benzene rings is 1. The highest BCUT2D eigenvalue weighted by Crippen LogP contribution is 2.33. The van der Waals surface area contributed by atoms with E-state index in [0.29, 0.717) is 22.5 Å². The zero-order valence-corrected chi connectivity index (χ0v) is 13.4. The van der Waals surface area contributed by atoms with Crippen molar-refractivity contribution in [1.29, 1.82) is 0 Å². The Balaban J connectivity index is 2.28. The van der Waals surface area contributed by atoms with E-state index in [1.807, 2.05) is 23.9 Å². The second-order valence-electron chi connectivity index (χ2n) is 5.48. The van der Waals surface area contributed by atoms with E-state index in [9.17, 15) is 4.79 Å². The molecular formula is C15H23N3OS. The van der Waals surface area contributed by atoms with E-state index in [2.05, 4.69) is 18.7 Å². The van der Waals surface area contributed by atoms with Gasteiger partial charge in [0.15, 0.2) is 0 Å². The van der Waals surface area contributed by atoms with Crippen molar-refractivity contribution in [3.63, 3.8) is 0 Å². The van der Waals surface area contributed by atoms with Gasteiger partial charge in [-0.15, -0.1) is 0 Å². The van der Waals surface area contributed by atoms with Crippen LogP contribution in [-0.2, 0) is 0 Å². The molecule has 2 N–H and O–H groups in total. The number of thioether (sulfide) groups is 1. The molecule has 1 aromatic rings. The minimum atomic E-state index is -0.0149. The van der Waals surface area contributed by atoms with Gasteiger partial charge in [-0.05, 0) is 25.1 Å². The van der Waals surface area contributed by atoms with Crippen molar-refractivity contribution < 1.29 is 4.79 Å². The third kappa shape index (κ3) is 2.87. The predicted molar refractivity (Wildman–Crippen MR) is 87.6 cm³/mol. The van der Waals surface area contributed by atoms with Gasteiger partial charge in [0, 0.05) is 43.2 Å². The fraction of sp³-hybridized carbons (Fsp3) is 0.533.